The summed E-state index contributed by atoms with van der Waals surface area (Å²) in [6.45, 7) is 7.64. The number of carbonyl (C=O) groups is 3. The molecule has 2 fully saturated rings. The van der Waals surface area contributed by atoms with Gasteiger partial charge in [-0.1, -0.05) is 18.2 Å². The fraction of sp³-hybridized carbons (Fsp3) is 0.560. The molecule has 0 aromatic carbocycles. The fourth-order valence-electron chi connectivity index (χ4n) is 5.18. The maximum atomic E-state index is 13.0. The first-order chi connectivity index (χ1) is 16.0. The molecule has 0 bridgehead atoms. The molecule has 0 aromatic rings. The topological polar surface area (TPSA) is 140 Å². The monoisotopic (exact) mass is 476 g/mol. The Hall–Kier alpha value is -2.75. The van der Waals surface area contributed by atoms with Crippen LogP contribution in [0.4, 0.5) is 0 Å². The molecule has 0 amide bonds. The molecule has 0 spiro atoms. The Kier molecular flexibility index (Phi) is 7.80. The third-order valence-electron chi connectivity index (χ3n) is 7.02. The Balaban J connectivity index is 1.83. The van der Waals surface area contributed by atoms with Crippen LogP contribution in [0.3, 0.4) is 0 Å². The Morgan fingerprint density at radius 1 is 1.24 bits per heavy atom. The number of aliphatic hydroxyl groups excluding tert-OH is 2. The normalized spacial score (nSPS) is 33.5. The molecule has 2 aliphatic carbocycles. The largest absolute Gasteiger partial charge is 0.458 e. The van der Waals surface area contributed by atoms with Crippen LogP contribution in [0.1, 0.15) is 33.6 Å². The van der Waals surface area contributed by atoms with E-state index in [0.717, 1.165) is 5.57 Å². The first kappa shape index (κ1) is 25.9. The van der Waals surface area contributed by atoms with Crippen molar-refractivity contribution in [3.05, 3.63) is 47.1 Å². The minimum Gasteiger partial charge on any atom is -0.458 e. The summed E-state index contributed by atoms with van der Waals surface area (Å²) in [6.07, 6.45) is 3.60. The first-order valence-electron chi connectivity index (χ1n) is 11.3. The Bertz CT molecular complexity index is 955. The van der Waals surface area contributed by atoms with E-state index in [9.17, 15) is 24.6 Å². The smallest absolute Gasteiger partial charge is 0.337 e. The van der Waals surface area contributed by atoms with Gasteiger partial charge in [0, 0.05) is 29.4 Å². The van der Waals surface area contributed by atoms with Gasteiger partial charge in [0.2, 0.25) is 0 Å². The van der Waals surface area contributed by atoms with Crippen LogP contribution in [-0.4, -0.2) is 70.9 Å². The zero-order valence-corrected chi connectivity index (χ0v) is 19.7. The molecule has 6 atom stereocenters. The number of rotatable bonds is 7. The molecule has 3 aliphatic rings. The molecule has 1 aliphatic heterocycles. The molecular formula is C25H32O9. The van der Waals surface area contributed by atoms with Crippen LogP contribution in [0.25, 0.3) is 0 Å². The average molecular weight is 477 g/mol. The Labute approximate surface area is 198 Å². The van der Waals surface area contributed by atoms with Crippen molar-refractivity contribution >= 4 is 17.9 Å². The number of carbonyl (C=O) groups excluding carboxylic acids is 3. The molecule has 0 unspecified atom stereocenters. The van der Waals surface area contributed by atoms with E-state index in [0.29, 0.717) is 6.42 Å². The number of aliphatic hydroxyl groups is 3. The quantitative estimate of drug-likeness (QED) is 0.213. The predicted molar refractivity (Wildman–Crippen MR) is 120 cm³/mol. The predicted octanol–water partition coefficient (Wildman–Crippen LogP) is 1.13. The van der Waals surface area contributed by atoms with Crippen molar-refractivity contribution in [1.82, 2.24) is 0 Å². The van der Waals surface area contributed by atoms with Gasteiger partial charge in [0.1, 0.15) is 18.8 Å². The van der Waals surface area contributed by atoms with Crippen LogP contribution in [0.5, 0.6) is 0 Å². The maximum Gasteiger partial charge on any atom is 0.337 e. The minimum atomic E-state index is -1.21. The van der Waals surface area contributed by atoms with E-state index in [1.807, 2.05) is 13.0 Å². The molecule has 3 N–H and O–H groups in total. The highest BCUT2D eigenvalue weighted by molar-refractivity contribution is 5.93. The molecule has 1 heterocycles. The molecule has 186 valence electrons. The lowest BCUT2D eigenvalue weighted by Gasteiger charge is -2.34. The van der Waals surface area contributed by atoms with Crippen molar-refractivity contribution < 1.29 is 43.9 Å². The van der Waals surface area contributed by atoms with Gasteiger partial charge in [-0.05, 0) is 39.3 Å². The van der Waals surface area contributed by atoms with E-state index in [2.05, 4.69) is 6.58 Å². The van der Waals surface area contributed by atoms with Crippen LogP contribution < -0.4 is 0 Å². The van der Waals surface area contributed by atoms with Crippen molar-refractivity contribution in [1.29, 1.82) is 0 Å². The summed E-state index contributed by atoms with van der Waals surface area (Å²) < 4.78 is 16.5. The standard InChI is InChI=1S/C25H32O9/c1-13-5-6-17-19(13)21-20(15(3)23(29)34-21)18(11-25(17,4)31)33-24(30)16(8-10-27)12-32-22(28)14(2)7-9-26/h5,7-8,17-21,26-27,31H,3,6,9-12H2,1-2,4H3/b14-7+,16-8+/t17-,18-,19+,20-,21-,25-/m1/s1. The SMILES string of the molecule is C=C1C(=O)O[C@@H]2[C@H]3C(C)=CC[C@H]3[C@](C)(O)C[C@@H](OC(=O)/C(=C/CO)COC(=O)/C(C)=C/CO)[C@@H]12. The zero-order chi connectivity index (χ0) is 25.2. The van der Waals surface area contributed by atoms with E-state index in [1.54, 1.807) is 6.92 Å². The van der Waals surface area contributed by atoms with Gasteiger partial charge in [-0.2, -0.15) is 0 Å². The van der Waals surface area contributed by atoms with Crippen molar-refractivity contribution in [2.24, 2.45) is 17.8 Å². The molecule has 0 radical (unpaired) electrons. The fourth-order valence-corrected chi connectivity index (χ4v) is 5.18. The molecule has 1 saturated heterocycles. The highest BCUT2D eigenvalue weighted by Crippen LogP contribution is 2.52. The Morgan fingerprint density at radius 3 is 2.56 bits per heavy atom. The Morgan fingerprint density at radius 2 is 1.91 bits per heavy atom. The van der Waals surface area contributed by atoms with Crippen molar-refractivity contribution in [3.8, 4) is 0 Å². The van der Waals surface area contributed by atoms with Crippen LogP contribution >= 0.6 is 0 Å². The number of esters is 3. The number of fused-ring (bicyclic) bond motifs is 3. The van der Waals surface area contributed by atoms with Gasteiger partial charge in [0.15, 0.2) is 0 Å². The summed E-state index contributed by atoms with van der Waals surface area (Å²) in [5.74, 6) is -3.22. The second-order valence-electron chi connectivity index (χ2n) is 9.30. The molecule has 9 nitrogen and oxygen atoms in total. The summed E-state index contributed by atoms with van der Waals surface area (Å²) in [5.41, 5.74) is 0.0482. The summed E-state index contributed by atoms with van der Waals surface area (Å²) >= 11 is 0. The van der Waals surface area contributed by atoms with E-state index < -0.39 is 54.8 Å². The maximum absolute atomic E-state index is 13.0. The zero-order valence-electron chi connectivity index (χ0n) is 19.7. The van der Waals surface area contributed by atoms with Crippen LogP contribution in [0, 0.1) is 17.8 Å². The average Bonchev–Trinajstić information content (AvgIpc) is 3.27. The molecular weight excluding hydrogens is 444 g/mol. The van der Waals surface area contributed by atoms with Gasteiger partial charge >= 0.3 is 17.9 Å². The van der Waals surface area contributed by atoms with E-state index in [1.165, 1.54) is 19.1 Å². The summed E-state index contributed by atoms with van der Waals surface area (Å²) in [5, 5.41) is 29.6. The second kappa shape index (κ2) is 10.2. The highest BCUT2D eigenvalue weighted by atomic mass is 16.6. The summed E-state index contributed by atoms with van der Waals surface area (Å²) in [7, 11) is 0. The first-order valence-corrected chi connectivity index (χ1v) is 11.3. The summed E-state index contributed by atoms with van der Waals surface area (Å²) in [4.78, 5) is 37.4. The highest BCUT2D eigenvalue weighted by Gasteiger charge is 2.58. The number of hydrogen-bond acceptors (Lipinski definition) is 9. The molecule has 3 rings (SSSR count). The van der Waals surface area contributed by atoms with E-state index in [-0.39, 0.29) is 41.6 Å². The van der Waals surface area contributed by atoms with Crippen molar-refractivity contribution in [2.75, 3.05) is 19.8 Å². The van der Waals surface area contributed by atoms with Crippen LogP contribution in [0.15, 0.2) is 47.1 Å². The lowest BCUT2D eigenvalue weighted by Crippen LogP contribution is -2.40. The van der Waals surface area contributed by atoms with Crippen molar-refractivity contribution in [3.63, 3.8) is 0 Å². The lowest BCUT2D eigenvalue weighted by atomic mass is 9.76. The van der Waals surface area contributed by atoms with Gasteiger partial charge in [0.05, 0.1) is 30.3 Å². The molecule has 0 aromatic heterocycles. The van der Waals surface area contributed by atoms with Gasteiger partial charge < -0.3 is 29.5 Å². The molecule has 9 heteroatoms. The van der Waals surface area contributed by atoms with Gasteiger partial charge in [-0.15, -0.1) is 0 Å². The van der Waals surface area contributed by atoms with Crippen molar-refractivity contribution in [2.45, 2.75) is 51.4 Å². The number of hydrogen-bond donors (Lipinski definition) is 3. The third kappa shape index (κ3) is 5.01. The van der Waals surface area contributed by atoms with Gasteiger partial charge in [0.25, 0.3) is 0 Å². The number of allylic oxidation sites excluding steroid dienone is 1. The van der Waals surface area contributed by atoms with E-state index in [4.69, 9.17) is 19.3 Å². The molecule has 34 heavy (non-hydrogen) atoms. The number of ether oxygens (including phenoxy) is 3. The van der Waals surface area contributed by atoms with Crippen LogP contribution in [0.2, 0.25) is 0 Å². The summed E-state index contributed by atoms with van der Waals surface area (Å²) in [6, 6.07) is 0. The molecule has 1 saturated carbocycles. The third-order valence-corrected chi connectivity index (χ3v) is 7.02. The van der Waals surface area contributed by atoms with Crippen LogP contribution in [-0.2, 0) is 28.6 Å². The second-order valence-corrected chi connectivity index (χ2v) is 9.30. The van der Waals surface area contributed by atoms with Gasteiger partial charge in [-0.3, -0.25) is 0 Å². The van der Waals surface area contributed by atoms with E-state index >= 15 is 0 Å². The van der Waals surface area contributed by atoms with Gasteiger partial charge in [-0.25, -0.2) is 14.4 Å². The lowest BCUT2D eigenvalue weighted by molar-refractivity contribution is -0.151. The minimum absolute atomic E-state index is 0.0579.